The van der Waals surface area contributed by atoms with E-state index < -0.39 is 0 Å². The molecule has 0 aliphatic heterocycles. The third kappa shape index (κ3) is 2.28. The van der Waals surface area contributed by atoms with Gasteiger partial charge in [-0.15, -0.1) is 0 Å². The highest BCUT2D eigenvalue weighted by Crippen LogP contribution is 2.04. The molecule has 0 spiro atoms. The zero-order valence-electron chi connectivity index (χ0n) is 9.76. The molecule has 1 heterocycles. The van der Waals surface area contributed by atoms with E-state index in [9.17, 15) is 0 Å². The third-order valence-electron chi connectivity index (χ3n) is 3.15. The van der Waals surface area contributed by atoms with Crippen molar-refractivity contribution >= 4 is 12.2 Å². The highest BCUT2D eigenvalue weighted by atomic mass is 14.7. The molecule has 2 aromatic rings. The van der Waals surface area contributed by atoms with Crippen LogP contribution in [0, 0.1) is 0 Å². The van der Waals surface area contributed by atoms with Crippen LogP contribution in [0.3, 0.4) is 0 Å². The fourth-order valence-corrected chi connectivity index (χ4v) is 2.25. The normalized spacial score (nSPS) is 13.4. The smallest absolute Gasteiger partial charge is 0.0453 e. The largest absolute Gasteiger partial charge is 0.260 e. The molecule has 0 saturated heterocycles. The summed E-state index contributed by atoms with van der Waals surface area (Å²) in [5, 5.41) is 2.63. The summed E-state index contributed by atoms with van der Waals surface area (Å²) in [5.74, 6) is 0. The van der Waals surface area contributed by atoms with Crippen molar-refractivity contribution in [3.05, 3.63) is 64.3 Å². The van der Waals surface area contributed by atoms with E-state index in [1.807, 2.05) is 12.3 Å². The van der Waals surface area contributed by atoms with Gasteiger partial charge in [-0.25, -0.2) is 0 Å². The summed E-state index contributed by atoms with van der Waals surface area (Å²) >= 11 is 0. The number of hydrogen-bond donors (Lipinski definition) is 0. The molecule has 0 unspecified atom stereocenters. The van der Waals surface area contributed by atoms with Crippen LogP contribution in [0.2, 0.25) is 0 Å². The van der Waals surface area contributed by atoms with Crippen molar-refractivity contribution in [3.8, 4) is 0 Å². The topological polar surface area (TPSA) is 12.9 Å². The van der Waals surface area contributed by atoms with Crippen molar-refractivity contribution in [2.24, 2.45) is 0 Å². The number of nitrogens with zero attached hydrogens (tertiary/aromatic N) is 1. The molecule has 1 aromatic heterocycles. The second kappa shape index (κ2) is 4.54. The zero-order valence-corrected chi connectivity index (χ0v) is 9.76. The van der Waals surface area contributed by atoms with Gasteiger partial charge in [-0.2, -0.15) is 0 Å². The van der Waals surface area contributed by atoms with E-state index in [4.69, 9.17) is 0 Å². The summed E-state index contributed by atoms with van der Waals surface area (Å²) in [4.78, 5) is 4.54. The van der Waals surface area contributed by atoms with Crippen molar-refractivity contribution < 1.29 is 0 Å². The Balaban J connectivity index is 1.96. The number of rotatable bonds is 2. The predicted octanol–water partition coefficient (Wildman–Crippen LogP) is 2.03. The number of fused-ring (bicyclic) bond motifs is 1. The van der Waals surface area contributed by atoms with E-state index in [0.29, 0.717) is 0 Å². The molecular weight excluding hydrogens is 206 g/mol. The zero-order chi connectivity index (χ0) is 11.5. The van der Waals surface area contributed by atoms with E-state index in [1.165, 1.54) is 16.0 Å². The molecule has 0 fully saturated rings. The highest BCUT2D eigenvalue weighted by Gasteiger charge is 1.99. The Labute approximate surface area is 101 Å². The lowest BCUT2D eigenvalue weighted by molar-refractivity contribution is 1.04. The molecule has 1 aromatic carbocycles. The molecule has 1 nitrogen and oxygen atoms in total. The summed E-state index contributed by atoms with van der Waals surface area (Å²) in [5.41, 5.74) is 2.47. The van der Waals surface area contributed by atoms with Crippen molar-refractivity contribution in [2.75, 3.05) is 0 Å². The van der Waals surface area contributed by atoms with Crippen LogP contribution in [-0.2, 0) is 6.42 Å². The Morgan fingerprint density at radius 2 is 1.71 bits per heavy atom. The van der Waals surface area contributed by atoms with Crippen LogP contribution in [-0.4, -0.2) is 4.98 Å². The van der Waals surface area contributed by atoms with Gasteiger partial charge in [0.2, 0.25) is 0 Å². The van der Waals surface area contributed by atoms with Crippen LogP contribution in [0.4, 0.5) is 0 Å². The first-order valence-corrected chi connectivity index (χ1v) is 6.11. The molecule has 0 amide bonds. The SMILES string of the molecule is C1=c2cnc(Cc3ccccc3)cc2=CCC1. The lowest BCUT2D eigenvalue weighted by atomic mass is 10.1. The molecule has 0 radical (unpaired) electrons. The Hall–Kier alpha value is -1.89. The van der Waals surface area contributed by atoms with E-state index >= 15 is 0 Å². The maximum absolute atomic E-state index is 4.54. The molecule has 0 N–H and O–H groups in total. The first-order valence-electron chi connectivity index (χ1n) is 6.11. The van der Waals surface area contributed by atoms with Crippen molar-refractivity contribution in [1.29, 1.82) is 0 Å². The van der Waals surface area contributed by atoms with Crippen LogP contribution in [0.5, 0.6) is 0 Å². The fourth-order valence-electron chi connectivity index (χ4n) is 2.25. The lowest BCUT2D eigenvalue weighted by Gasteiger charge is -2.04. The molecule has 1 heteroatoms. The Morgan fingerprint density at radius 3 is 2.53 bits per heavy atom. The predicted molar refractivity (Wildman–Crippen MR) is 70.9 cm³/mol. The van der Waals surface area contributed by atoms with Crippen molar-refractivity contribution in [3.63, 3.8) is 0 Å². The van der Waals surface area contributed by atoms with Crippen LogP contribution in [0.1, 0.15) is 24.1 Å². The summed E-state index contributed by atoms with van der Waals surface area (Å²) in [6.07, 6.45) is 9.81. The minimum atomic E-state index is 0.919. The van der Waals surface area contributed by atoms with Gasteiger partial charge in [0.15, 0.2) is 0 Å². The van der Waals surface area contributed by atoms with Gasteiger partial charge in [0.1, 0.15) is 0 Å². The Kier molecular flexibility index (Phi) is 2.74. The van der Waals surface area contributed by atoms with Crippen LogP contribution in [0.15, 0.2) is 42.6 Å². The van der Waals surface area contributed by atoms with Gasteiger partial charge in [0.25, 0.3) is 0 Å². The van der Waals surface area contributed by atoms with Gasteiger partial charge < -0.3 is 0 Å². The monoisotopic (exact) mass is 221 g/mol. The molecule has 1 aliphatic rings. The quantitative estimate of drug-likeness (QED) is 0.756. The molecule has 3 rings (SSSR count). The van der Waals surface area contributed by atoms with E-state index in [2.05, 4.69) is 47.5 Å². The second-order valence-corrected chi connectivity index (χ2v) is 4.45. The number of pyridine rings is 1. The average Bonchev–Trinajstić information content (AvgIpc) is 2.40. The number of benzene rings is 1. The fraction of sp³-hybridized carbons (Fsp3) is 0.188. The third-order valence-corrected chi connectivity index (χ3v) is 3.15. The molecule has 0 saturated carbocycles. The first kappa shape index (κ1) is 10.3. The second-order valence-electron chi connectivity index (χ2n) is 4.45. The van der Waals surface area contributed by atoms with Gasteiger partial charge in [-0.1, -0.05) is 42.5 Å². The molecule has 84 valence electrons. The summed E-state index contributed by atoms with van der Waals surface area (Å²) in [6, 6.07) is 12.7. The Morgan fingerprint density at radius 1 is 0.941 bits per heavy atom. The Bertz CT molecular complexity index is 626. The van der Waals surface area contributed by atoms with E-state index in [1.54, 1.807) is 0 Å². The van der Waals surface area contributed by atoms with E-state index in [-0.39, 0.29) is 0 Å². The van der Waals surface area contributed by atoms with Gasteiger partial charge >= 0.3 is 0 Å². The molecule has 17 heavy (non-hydrogen) atoms. The highest BCUT2D eigenvalue weighted by molar-refractivity contribution is 5.38. The standard InChI is InChI=1S/C16H15N/c1-2-6-13(7-3-1)10-16-11-14-8-4-5-9-15(14)12-17-16/h1-3,6-9,11-12H,4-5,10H2. The van der Waals surface area contributed by atoms with Gasteiger partial charge in [0, 0.05) is 18.3 Å². The summed E-state index contributed by atoms with van der Waals surface area (Å²) < 4.78 is 0. The van der Waals surface area contributed by atoms with Gasteiger partial charge in [-0.3, -0.25) is 4.98 Å². The first-order chi connectivity index (χ1) is 8.42. The lowest BCUT2D eigenvalue weighted by Crippen LogP contribution is -2.28. The number of aromatic nitrogens is 1. The number of hydrogen-bond acceptors (Lipinski definition) is 1. The van der Waals surface area contributed by atoms with Crippen molar-refractivity contribution in [2.45, 2.75) is 19.3 Å². The molecule has 0 bridgehead atoms. The van der Waals surface area contributed by atoms with Crippen LogP contribution < -0.4 is 10.4 Å². The summed E-state index contributed by atoms with van der Waals surface area (Å²) in [6.45, 7) is 0. The maximum Gasteiger partial charge on any atom is 0.0453 e. The van der Waals surface area contributed by atoms with Crippen LogP contribution >= 0.6 is 0 Å². The minimum Gasteiger partial charge on any atom is -0.260 e. The molecular formula is C16H15N. The minimum absolute atomic E-state index is 0.919. The van der Waals surface area contributed by atoms with E-state index in [0.717, 1.165) is 25.0 Å². The summed E-state index contributed by atoms with van der Waals surface area (Å²) in [7, 11) is 0. The van der Waals surface area contributed by atoms with Gasteiger partial charge in [0.05, 0.1) is 0 Å². The molecule has 0 atom stereocenters. The van der Waals surface area contributed by atoms with Gasteiger partial charge in [-0.05, 0) is 34.9 Å². The maximum atomic E-state index is 4.54. The molecule has 1 aliphatic carbocycles. The van der Waals surface area contributed by atoms with Crippen LogP contribution in [0.25, 0.3) is 12.2 Å². The van der Waals surface area contributed by atoms with Crippen molar-refractivity contribution in [1.82, 2.24) is 4.98 Å². The average molecular weight is 221 g/mol.